The summed E-state index contributed by atoms with van der Waals surface area (Å²) >= 11 is 0. The highest BCUT2D eigenvalue weighted by Gasteiger charge is 2.06. The molecule has 0 amide bonds. The van der Waals surface area contributed by atoms with Crippen LogP contribution in [-0.4, -0.2) is 15.0 Å². The van der Waals surface area contributed by atoms with Gasteiger partial charge in [0.25, 0.3) is 5.56 Å². The molecular formula is C14H13N3O. The first-order valence-electron chi connectivity index (χ1n) is 5.94. The van der Waals surface area contributed by atoms with E-state index in [-0.39, 0.29) is 5.56 Å². The zero-order chi connectivity index (χ0) is 12.5. The predicted octanol–water partition coefficient (Wildman–Crippen LogP) is 2.48. The molecule has 3 aromatic rings. The van der Waals surface area contributed by atoms with Crippen molar-refractivity contribution in [2.75, 3.05) is 0 Å². The van der Waals surface area contributed by atoms with Gasteiger partial charge in [0.15, 0.2) is 5.82 Å². The molecule has 0 unspecified atom stereocenters. The summed E-state index contributed by atoms with van der Waals surface area (Å²) in [7, 11) is 0. The normalized spacial score (nSPS) is 10.9. The molecule has 2 aromatic heterocycles. The lowest BCUT2D eigenvalue weighted by Crippen LogP contribution is -2.09. The van der Waals surface area contributed by atoms with Crippen molar-refractivity contribution in [1.82, 2.24) is 15.0 Å². The van der Waals surface area contributed by atoms with Gasteiger partial charge >= 0.3 is 0 Å². The maximum atomic E-state index is 11.5. The summed E-state index contributed by atoms with van der Waals surface area (Å²) < 4.78 is 0. The third-order valence-corrected chi connectivity index (χ3v) is 2.94. The maximum absolute atomic E-state index is 11.5. The minimum atomic E-state index is -0.115. The van der Waals surface area contributed by atoms with E-state index in [1.807, 2.05) is 37.3 Å². The number of hydrogen-bond acceptors (Lipinski definition) is 2. The van der Waals surface area contributed by atoms with Crippen molar-refractivity contribution in [3.8, 4) is 11.5 Å². The number of nitrogens with zero attached hydrogens (tertiary/aromatic N) is 1. The van der Waals surface area contributed by atoms with Gasteiger partial charge in [-0.25, -0.2) is 4.98 Å². The molecule has 2 N–H and O–H groups in total. The second-order valence-corrected chi connectivity index (χ2v) is 4.21. The monoisotopic (exact) mass is 239 g/mol. The first-order chi connectivity index (χ1) is 8.76. The molecule has 2 heterocycles. The Hall–Kier alpha value is -2.36. The standard InChI is InChI=1S/C14H13N3O/c1-2-10-8-13(18)17-14(15-10)12-7-9-5-3-4-6-11(9)16-12/h3-8,16H,2H2,1H3,(H,15,17,18). The second-order valence-electron chi connectivity index (χ2n) is 4.21. The summed E-state index contributed by atoms with van der Waals surface area (Å²) in [6.45, 7) is 1.98. The van der Waals surface area contributed by atoms with Gasteiger partial charge in [-0.3, -0.25) is 4.79 Å². The highest BCUT2D eigenvalue weighted by Crippen LogP contribution is 2.20. The van der Waals surface area contributed by atoms with Crippen LogP contribution in [0.5, 0.6) is 0 Å². The van der Waals surface area contributed by atoms with E-state index in [1.165, 1.54) is 6.07 Å². The van der Waals surface area contributed by atoms with Crippen LogP contribution in [0.4, 0.5) is 0 Å². The van der Waals surface area contributed by atoms with Gasteiger partial charge in [-0.05, 0) is 18.6 Å². The molecule has 0 bridgehead atoms. The molecule has 0 radical (unpaired) electrons. The number of aromatic nitrogens is 3. The Morgan fingerprint density at radius 2 is 2.00 bits per heavy atom. The summed E-state index contributed by atoms with van der Waals surface area (Å²) in [5.74, 6) is 0.593. The summed E-state index contributed by atoms with van der Waals surface area (Å²) in [5, 5.41) is 1.11. The van der Waals surface area contributed by atoms with Crippen LogP contribution in [0.25, 0.3) is 22.4 Å². The van der Waals surface area contributed by atoms with Gasteiger partial charge in [-0.2, -0.15) is 0 Å². The van der Waals surface area contributed by atoms with Gasteiger partial charge in [-0.15, -0.1) is 0 Å². The first kappa shape index (κ1) is 10.8. The molecule has 4 nitrogen and oxygen atoms in total. The summed E-state index contributed by atoms with van der Waals surface area (Å²) in [5.41, 5.74) is 2.56. The van der Waals surface area contributed by atoms with Crippen molar-refractivity contribution in [3.05, 3.63) is 52.4 Å². The fourth-order valence-electron chi connectivity index (χ4n) is 2.02. The van der Waals surface area contributed by atoms with E-state index in [1.54, 1.807) is 0 Å². The first-order valence-corrected chi connectivity index (χ1v) is 5.94. The molecule has 4 heteroatoms. The summed E-state index contributed by atoms with van der Waals surface area (Å²) in [6, 6.07) is 11.5. The molecule has 0 aliphatic rings. The number of aromatic amines is 2. The summed E-state index contributed by atoms with van der Waals surface area (Å²) in [6.07, 6.45) is 0.747. The fourth-order valence-corrected chi connectivity index (χ4v) is 2.02. The number of rotatable bonds is 2. The smallest absolute Gasteiger partial charge is 0.251 e. The molecule has 18 heavy (non-hydrogen) atoms. The fraction of sp³-hybridized carbons (Fsp3) is 0.143. The molecule has 90 valence electrons. The largest absolute Gasteiger partial charge is 0.352 e. The third-order valence-electron chi connectivity index (χ3n) is 2.94. The van der Waals surface area contributed by atoms with E-state index in [4.69, 9.17) is 0 Å². The van der Waals surface area contributed by atoms with Crippen molar-refractivity contribution in [3.63, 3.8) is 0 Å². The van der Waals surface area contributed by atoms with Crippen LogP contribution >= 0.6 is 0 Å². The lowest BCUT2D eigenvalue weighted by Gasteiger charge is -1.99. The van der Waals surface area contributed by atoms with Gasteiger partial charge in [0.05, 0.1) is 5.69 Å². The van der Waals surface area contributed by atoms with Crippen LogP contribution in [0, 0.1) is 0 Å². The van der Waals surface area contributed by atoms with Gasteiger partial charge in [0, 0.05) is 22.7 Å². The molecule has 0 aliphatic carbocycles. The van der Waals surface area contributed by atoms with Crippen LogP contribution in [-0.2, 0) is 6.42 Å². The Labute approximate surface area is 104 Å². The zero-order valence-corrected chi connectivity index (χ0v) is 10.0. The molecular weight excluding hydrogens is 226 g/mol. The number of benzene rings is 1. The molecule has 0 spiro atoms. The van der Waals surface area contributed by atoms with Crippen molar-refractivity contribution in [1.29, 1.82) is 0 Å². The Morgan fingerprint density at radius 3 is 2.78 bits per heavy atom. The van der Waals surface area contributed by atoms with Crippen LogP contribution in [0.1, 0.15) is 12.6 Å². The SMILES string of the molecule is CCc1cc(=O)[nH]c(-c2cc3ccccc3[nH]2)n1. The number of nitrogens with one attached hydrogen (secondary N) is 2. The number of fused-ring (bicyclic) bond motifs is 1. The highest BCUT2D eigenvalue weighted by atomic mass is 16.1. The molecule has 1 aromatic carbocycles. The molecule has 0 saturated carbocycles. The third kappa shape index (κ3) is 1.82. The van der Waals surface area contributed by atoms with E-state index in [0.29, 0.717) is 5.82 Å². The Kier molecular flexibility index (Phi) is 2.48. The van der Waals surface area contributed by atoms with Crippen LogP contribution < -0.4 is 5.56 Å². The second kappa shape index (κ2) is 4.14. The maximum Gasteiger partial charge on any atom is 0.251 e. The van der Waals surface area contributed by atoms with E-state index >= 15 is 0 Å². The van der Waals surface area contributed by atoms with Gasteiger partial charge < -0.3 is 9.97 Å². The lowest BCUT2D eigenvalue weighted by molar-refractivity contribution is 0.983. The minimum absolute atomic E-state index is 0.115. The van der Waals surface area contributed by atoms with E-state index in [2.05, 4.69) is 15.0 Å². The minimum Gasteiger partial charge on any atom is -0.352 e. The number of aryl methyl sites for hydroxylation is 1. The number of para-hydroxylation sites is 1. The topological polar surface area (TPSA) is 61.5 Å². The molecule has 0 fully saturated rings. The predicted molar refractivity (Wildman–Crippen MR) is 71.5 cm³/mol. The number of H-pyrrole nitrogens is 2. The molecule has 0 aliphatic heterocycles. The molecule has 0 saturated heterocycles. The van der Waals surface area contributed by atoms with Gasteiger partial charge in [-0.1, -0.05) is 25.1 Å². The highest BCUT2D eigenvalue weighted by molar-refractivity contribution is 5.84. The van der Waals surface area contributed by atoms with E-state index < -0.39 is 0 Å². The van der Waals surface area contributed by atoms with Gasteiger partial charge in [0.1, 0.15) is 0 Å². The van der Waals surface area contributed by atoms with Crippen molar-refractivity contribution >= 4 is 10.9 Å². The van der Waals surface area contributed by atoms with E-state index in [9.17, 15) is 4.79 Å². The van der Waals surface area contributed by atoms with E-state index in [0.717, 1.165) is 28.7 Å². The number of hydrogen-bond donors (Lipinski definition) is 2. The molecule has 3 rings (SSSR count). The molecule has 0 atom stereocenters. The lowest BCUT2D eigenvalue weighted by atomic mass is 10.2. The van der Waals surface area contributed by atoms with Crippen LogP contribution in [0.3, 0.4) is 0 Å². The average molecular weight is 239 g/mol. The summed E-state index contributed by atoms with van der Waals surface area (Å²) in [4.78, 5) is 22.0. The Balaban J connectivity index is 2.19. The Morgan fingerprint density at radius 1 is 1.17 bits per heavy atom. The van der Waals surface area contributed by atoms with Crippen molar-refractivity contribution in [2.24, 2.45) is 0 Å². The average Bonchev–Trinajstić information content (AvgIpc) is 2.81. The quantitative estimate of drug-likeness (QED) is 0.721. The van der Waals surface area contributed by atoms with Crippen molar-refractivity contribution < 1.29 is 0 Å². The van der Waals surface area contributed by atoms with Gasteiger partial charge in [0.2, 0.25) is 0 Å². The Bertz CT molecular complexity index is 722. The van der Waals surface area contributed by atoms with Crippen molar-refractivity contribution in [2.45, 2.75) is 13.3 Å². The van der Waals surface area contributed by atoms with Crippen LogP contribution in [0.15, 0.2) is 41.2 Å². The zero-order valence-electron chi connectivity index (χ0n) is 10.0. The van der Waals surface area contributed by atoms with Crippen LogP contribution in [0.2, 0.25) is 0 Å².